The van der Waals surface area contributed by atoms with Gasteiger partial charge in [0.15, 0.2) is 0 Å². The van der Waals surface area contributed by atoms with E-state index in [-0.39, 0.29) is 17.4 Å². The van der Waals surface area contributed by atoms with Crippen LogP contribution in [-0.4, -0.2) is 12.6 Å². The van der Waals surface area contributed by atoms with Crippen LogP contribution in [0.5, 0.6) is 0 Å². The molecule has 0 spiro atoms. The van der Waals surface area contributed by atoms with Crippen LogP contribution in [-0.2, 0) is 6.42 Å². The Labute approximate surface area is 125 Å². The molecule has 0 saturated heterocycles. The lowest BCUT2D eigenvalue weighted by Gasteiger charge is -2.08. The molecular formula is C15H13ClF2N2O. The number of urea groups is 1. The van der Waals surface area contributed by atoms with Crippen molar-refractivity contribution >= 4 is 23.3 Å². The predicted octanol–water partition coefficient (Wildman–Crippen LogP) is 3.98. The minimum Gasteiger partial charge on any atom is -0.338 e. The number of rotatable bonds is 4. The van der Waals surface area contributed by atoms with Gasteiger partial charge in [-0.2, -0.15) is 0 Å². The Morgan fingerprint density at radius 3 is 2.57 bits per heavy atom. The molecule has 0 unspecified atom stereocenters. The fraction of sp³-hybridized carbons (Fsp3) is 0.133. The van der Waals surface area contributed by atoms with Gasteiger partial charge >= 0.3 is 6.03 Å². The molecule has 2 aromatic rings. The average molecular weight is 311 g/mol. The Balaban J connectivity index is 1.82. The molecule has 2 amide bonds. The van der Waals surface area contributed by atoms with Crippen molar-refractivity contribution in [2.24, 2.45) is 0 Å². The monoisotopic (exact) mass is 310 g/mol. The van der Waals surface area contributed by atoms with E-state index in [9.17, 15) is 13.6 Å². The normalized spacial score (nSPS) is 10.2. The summed E-state index contributed by atoms with van der Waals surface area (Å²) in [5.74, 6) is -0.854. The largest absolute Gasteiger partial charge is 0.338 e. The van der Waals surface area contributed by atoms with Crippen molar-refractivity contribution in [2.75, 3.05) is 11.9 Å². The number of hydrogen-bond acceptors (Lipinski definition) is 1. The van der Waals surface area contributed by atoms with E-state index in [1.165, 1.54) is 18.2 Å². The summed E-state index contributed by atoms with van der Waals surface area (Å²) in [6, 6.07) is 9.79. The van der Waals surface area contributed by atoms with Gasteiger partial charge in [-0.25, -0.2) is 13.6 Å². The van der Waals surface area contributed by atoms with Crippen LogP contribution in [0.2, 0.25) is 5.02 Å². The molecule has 3 nitrogen and oxygen atoms in total. The summed E-state index contributed by atoms with van der Waals surface area (Å²) < 4.78 is 26.3. The van der Waals surface area contributed by atoms with Gasteiger partial charge in [-0.1, -0.05) is 29.8 Å². The number of carbonyl (C=O) groups is 1. The zero-order valence-electron chi connectivity index (χ0n) is 11.0. The predicted molar refractivity (Wildman–Crippen MR) is 78.5 cm³/mol. The molecule has 2 rings (SSSR count). The maximum absolute atomic E-state index is 13.4. The number of carbonyl (C=O) groups excluding carboxylic acids is 1. The van der Waals surface area contributed by atoms with Crippen molar-refractivity contribution in [3.05, 3.63) is 64.7 Å². The van der Waals surface area contributed by atoms with Crippen LogP contribution in [0.15, 0.2) is 42.5 Å². The first kappa shape index (κ1) is 15.3. The lowest BCUT2D eigenvalue weighted by molar-refractivity contribution is 0.252. The third-order valence-electron chi connectivity index (χ3n) is 2.82. The van der Waals surface area contributed by atoms with Gasteiger partial charge in [0.25, 0.3) is 0 Å². The summed E-state index contributed by atoms with van der Waals surface area (Å²) in [6.45, 7) is 0.279. The van der Waals surface area contributed by atoms with Gasteiger partial charge in [-0.15, -0.1) is 0 Å². The first-order valence-electron chi connectivity index (χ1n) is 6.29. The minimum absolute atomic E-state index is 0.0702. The van der Waals surface area contributed by atoms with Crippen LogP contribution < -0.4 is 10.6 Å². The van der Waals surface area contributed by atoms with Crippen molar-refractivity contribution in [2.45, 2.75) is 6.42 Å². The molecule has 2 aromatic carbocycles. The van der Waals surface area contributed by atoms with E-state index < -0.39 is 11.8 Å². The van der Waals surface area contributed by atoms with Gasteiger partial charge in [0.1, 0.15) is 11.6 Å². The first-order valence-corrected chi connectivity index (χ1v) is 6.67. The third-order valence-corrected chi connectivity index (χ3v) is 3.10. The van der Waals surface area contributed by atoms with Gasteiger partial charge in [0.05, 0.1) is 5.02 Å². The Hall–Kier alpha value is -2.14. The molecule has 2 N–H and O–H groups in total. The Morgan fingerprint density at radius 2 is 1.86 bits per heavy atom. The highest BCUT2D eigenvalue weighted by Gasteiger charge is 2.05. The van der Waals surface area contributed by atoms with Crippen LogP contribution in [0.1, 0.15) is 5.56 Å². The molecule has 0 aromatic heterocycles. The average Bonchev–Trinajstić information content (AvgIpc) is 2.45. The number of hydrogen-bond donors (Lipinski definition) is 2. The van der Waals surface area contributed by atoms with E-state index >= 15 is 0 Å². The SMILES string of the molecule is O=C(NCCc1ccccc1F)Nc1ccc(F)c(Cl)c1. The number of halogens is 3. The van der Waals surface area contributed by atoms with Crippen LogP contribution in [0, 0.1) is 11.6 Å². The Morgan fingerprint density at radius 1 is 1.10 bits per heavy atom. The van der Waals surface area contributed by atoms with Crippen molar-refractivity contribution in [3.8, 4) is 0 Å². The lowest BCUT2D eigenvalue weighted by atomic mass is 10.1. The maximum atomic E-state index is 13.4. The smallest absolute Gasteiger partial charge is 0.319 e. The molecular weight excluding hydrogens is 298 g/mol. The van der Waals surface area contributed by atoms with Gasteiger partial charge in [-0.3, -0.25) is 0 Å². The fourth-order valence-electron chi connectivity index (χ4n) is 1.76. The number of nitrogens with one attached hydrogen (secondary N) is 2. The Kier molecular flexibility index (Phi) is 5.11. The zero-order valence-corrected chi connectivity index (χ0v) is 11.8. The second-order valence-electron chi connectivity index (χ2n) is 4.35. The first-order chi connectivity index (χ1) is 10.1. The maximum Gasteiger partial charge on any atom is 0.319 e. The van der Waals surface area contributed by atoms with Crippen molar-refractivity contribution in [3.63, 3.8) is 0 Å². The topological polar surface area (TPSA) is 41.1 Å². The number of amides is 2. The number of benzene rings is 2. The molecule has 0 fully saturated rings. The molecule has 6 heteroatoms. The van der Waals surface area contributed by atoms with Crippen molar-refractivity contribution < 1.29 is 13.6 Å². The van der Waals surface area contributed by atoms with E-state index in [1.807, 2.05) is 0 Å². The quantitative estimate of drug-likeness (QED) is 0.881. The van der Waals surface area contributed by atoms with Crippen LogP contribution in [0.4, 0.5) is 19.3 Å². The molecule has 0 aliphatic heterocycles. The summed E-state index contributed by atoms with van der Waals surface area (Å²) >= 11 is 5.61. The summed E-state index contributed by atoms with van der Waals surface area (Å²) in [6.07, 6.45) is 0.379. The number of anilines is 1. The summed E-state index contributed by atoms with van der Waals surface area (Å²) in [5.41, 5.74) is 0.910. The second kappa shape index (κ2) is 7.04. The highest BCUT2D eigenvalue weighted by Crippen LogP contribution is 2.19. The van der Waals surface area contributed by atoms with Gasteiger partial charge in [0, 0.05) is 12.2 Å². The van der Waals surface area contributed by atoms with Crippen LogP contribution in [0.3, 0.4) is 0 Å². The third kappa shape index (κ3) is 4.43. The van der Waals surface area contributed by atoms with E-state index in [0.717, 1.165) is 6.07 Å². The van der Waals surface area contributed by atoms with Crippen LogP contribution in [0.25, 0.3) is 0 Å². The summed E-state index contributed by atoms with van der Waals surface area (Å²) in [7, 11) is 0. The highest BCUT2D eigenvalue weighted by molar-refractivity contribution is 6.31. The molecule has 0 heterocycles. The van der Waals surface area contributed by atoms with E-state index in [4.69, 9.17) is 11.6 Å². The standard InChI is InChI=1S/C15H13ClF2N2O/c16-12-9-11(5-6-14(12)18)20-15(21)19-8-7-10-3-1-2-4-13(10)17/h1-6,9H,7-8H2,(H2,19,20,21). The van der Waals surface area contributed by atoms with Gasteiger partial charge in [0.2, 0.25) is 0 Å². The fourth-order valence-corrected chi connectivity index (χ4v) is 1.94. The molecule has 0 bridgehead atoms. The summed E-state index contributed by atoms with van der Waals surface area (Å²) in [5, 5.41) is 5.03. The molecule has 0 saturated carbocycles. The van der Waals surface area contributed by atoms with Crippen LogP contribution >= 0.6 is 11.6 Å². The van der Waals surface area contributed by atoms with E-state index in [1.54, 1.807) is 18.2 Å². The molecule has 110 valence electrons. The second-order valence-corrected chi connectivity index (χ2v) is 4.76. The minimum atomic E-state index is -0.554. The lowest BCUT2D eigenvalue weighted by Crippen LogP contribution is -2.30. The molecule has 0 aliphatic carbocycles. The molecule has 0 aliphatic rings. The highest BCUT2D eigenvalue weighted by atomic mass is 35.5. The summed E-state index contributed by atoms with van der Waals surface area (Å²) in [4.78, 5) is 11.6. The van der Waals surface area contributed by atoms with Gasteiger partial charge in [-0.05, 0) is 36.2 Å². The van der Waals surface area contributed by atoms with Crippen molar-refractivity contribution in [1.82, 2.24) is 5.32 Å². The molecule has 0 atom stereocenters. The van der Waals surface area contributed by atoms with Gasteiger partial charge < -0.3 is 10.6 Å². The van der Waals surface area contributed by atoms with E-state index in [2.05, 4.69) is 10.6 Å². The van der Waals surface area contributed by atoms with Crippen molar-refractivity contribution in [1.29, 1.82) is 0 Å². The molecule has 0 radical (unpaired) electrons. The van der Waals surface area contributed by atoms with E-state index in [0.29, 0.717) is 17.7 Å². The molecule has 21 heavy (non-hydrogen) atoms. The Bertz CT molecular complexity index is 649. The zero-order chi connectivity index (χ0) is 15.2.